The molecule has 1 heterocycles. The highest BCUT2D eigenvalue weighted by molar-refractivity contribution is 6.36. The third-order valence-corrected chi connectivity index (χ3v) is 4.55. The summed E-state index contributed by atoms with van der Waals surface area (Å²) < 4.78 is 5.11. The Kier molecular flexibility index (Phi) is 5.06. The molecule has 128 valence electrons. The van der Waals surface area contributed by atoms with Gasteiger partial charge in [0, 0.05) is 15.6 Å². The third kappa shape index (κ3) is 3.52. The molecule has 0 bridgehead atoms. The first-order chi connectivity index (χ1) is 12.0. The highest BCUT2D eigenvalue weighted by Gasteiger charge is 2.34. The number of hydrogen-bond donors (Lipinski definition) is 0. The maximum absolute atomic E-state index is 12.2. The Bertz CT molecular complexity index is 811. The van der Waals surface area contributed by atoms with E-state index in [2.05, 4.69) is 0 Å². The van der Waals surface area contributed by atoms with Gasteiger partial charge in [0.05, 0.1) is 24.1 Å². The topological polar surface area (TPSA) is 63.7 Å². The Morgan fingerprint density at radius 1 is 0.920 bits per heavy atom. The Balaban J connectivity index is 1.56. The van der Waals surface area contributed by atoms with Gasteiger partial charge < -0.3 is 4.74 Å². The molecule has 25 heavy (non-hydrogen) atoms. The van der Waals surface area contributed by atoms with Crippen LogP contribution in [0.25, 0.3) is 0 Å². The Morgan fingerprint density at radius 3 is 2.04 bits per heavy atom. The van der Waals surface area contributed by atoms with Crippen LogP contribution in [0.5, 0.6) is 0 Å². The van der Waals surface area contributed by atoms with E-state index in [0.29, 0.717) is 26.7 Å². The van der Waals surface area contributed by atoms with E-state index in [1.54, 1.807) is 42.5 Å². The van der Waals surface area contributed by atoms with Gasteiger partial charge in [0.25, 0.3) is 11.8 Å². The fourth-order valence-electron chi connectivity index (χ4n) is 2.59. The predicted molar refractivity (Wildman–Crippen MR) is 92.9 cm³/mol. The molecule has 2 aromatic rings. The van der Waals surface area contributed by atoms with Gasteiger partial charge in [0.2, 0.25) is 0 Å². The molecule has 0 aromatic heterocycles. The van der Waals surface area contributed by atoms with Crippen molar-refractivity contribution in [1.82, 2.24) is 4.90 Å². The number of ether oxygens (including phenoxy) is 1. The van der Waals surface area contributed by atoms with E-state index in [1.807, 2.05) is 0 Å². The summed E-state index contributed by atoms with van der Waals surface area (Å²) in [5, 5.41) is 0.759. The van der Waals surface area contributed by atoms with Crippen molar-refractivity contribution in [2.45, 2.75) is 6.42 Å². The second-order valence-electron chi connectivity index (χ2n) is 5.40. The normalized spacial score (nSPS) is 13.1. The number of carbonyl (C=O) groups is 3. The molecule has 2 amide bonds. The summed E-state index contributed by atoms with van der Waals surface area (Å²) in [7, 11) is 0. The molecule has 0 fully saturated rings. The number of nitrogens with zero attached hydrogens (tertiary/aromatic N) is 1. The van der Waals surface area contributed by atoms with Gasteiger partial charge in [-0.2, -0.15) is 0 Å². The number of amides is 2. The van der Waals surface area contributed by atoms with E-state index in [-0.39, 0.29) is 31.4 Å². The minimum absolute atomic E-state index is 0.00561. The average Bonchev–Trinajstić information content (AvgIpc) is 2.84. The van der Waals surface area contributed by atoms with Crippen molar-refractivity contribution in [3.63, 3.8) is 0 Å². The minimum Gasteiger partial charge on any atom is -0.464 e. The average molecular weight is 378 g/mol. The van der Waals surface area contributed by atoms with E-state index < -0.39 is 5.97 Å². The number of benzene rings is 2. The molecule has 2 aromatic carbocycles. The highest BCUT2D eigenvalue weighted by atomic mass is 35.5. The van der Waals surface area contributed by atoms with Crippen molar-refractivity contribution in [1.29, 1.82) is 0 Å². The van der Waals surface area contributed by atoms with Gasteiger partial charge in [-0.15, -0.1) is 0 Å². The number of rotatable bonds is 5. The summed E-state index contributed by atoms with van der Waals surface area (Å²) in [6.07, 6.45) is -0.0827. The van der Waals surface area contributed by atoms with E-state index >= 15 is 0 Å². The first kappa shape index (κ1) is 17.5. The first-order valence-electron chi connectivity index (χ1n) is 7.53. The van der Waals surface area contributed by atoms with E-state index in [1.165, 1.54) is 0 Å². The second-order valence-corrected chi connectivity index (χ2v) is 6.22. The number of esters is 1. The van der Waals surface area contributed by atoms with Crippen LogP contribution in [0.3, 0.4) is 0 Å². The summed E-state index contributed by atoms with van der Waals surface area (Å²) in [4.78, 5) is 37.4. The summed E-state index contributed by atoms with van der Waals surface area (Å²) in [6, 6.07) is 11.5. The lowest BCUT2D eigenvalue weighted by Crippen LogP contribution is -2.33. The number of halogens is 2. The largest absolute Gasteiger partial charge is 0.464 e. The number of hydrogen-bond acceptors (Lipinski definition) is 4. The molecule has 0 saturated heterocycles. The number of imide groups is 1. The quantitative estimate of drug-likeness (QED) is 0.591. The van der Waals surface area contributed by atoms with E-state index in [9.17, 15) is 14.4 Å². The Hall–Kier alpha value is -2.37. The molecule has 0 saturated carbocycles. The first-order valence-corrected chi connectivity index (χ1v) is 8.28. The van der Waals surface area contributed by atoms with Gasteiger partial charge >= 0.3 is 5.97 Å². The van der Waals surface area contributed by atoms with Crippen LogP contribution in [0.15, 0.2) is 42.5 Å². The van der Waals surface area contributed by atoms with Crippen LogP contribution < -0.4 is 0 Å². The summed E-state index contributed by atoms with van der Waals surface area (Å²) >= 11 is 12.0. The zero-order valence-electron chi connectivity index (χ0n) is 13.0. The lowest BCUT2D eigenvalue weighted by atomic mass is 10.1. The molecule has 0 unspecified atom stereocenters. The summed E-state index contributed by atoms with van der Waals surface area (Å²) in [5.41, 5.74) is 1.21. The predicted octanol–water partition coefficient (Wildman–Crippen LogP) is 3.38. The van der Waals surface area contributed by atoms with Crippen LogP contribution >= 0.6 is 23.2 Å². The molecule has 1 aliphatic rings. The fraction of sp³-hybridized carbons (Fsp3) is 0.167. The fourth-order valence-corrected chi connectivity index (χ4v) is 3.12. The molecule has 3 rings (SSSR count). The Labute approximate surface area is 154 Å². The maximum Gasteiger partial charge on any atom is 0.310 e. The van der Waals surface area contributed by atoms with Crippen LogP contribution in [0, 0.1) is 0 Å². The van der Waals surface area contributed by atoms with Crippen LogP contribution in [0.4, 0.5) is 0 Å². The maximum atomic E-state index is 12.2. The van der Waals surface area contributed by atoms with Crippen LogP contribution in [0.2, 0.25) is 10.0 Å². The van der Waals surface area contributed by atoms with E-state index in [0.717, 1.165) is 4.90 Å². The standard InChI is InChI=1S/C18H13Cl2NO4/c19-14-6-3-7-15(20)13(14)10-16(22)25-9-8-21-17(23)11-4-1-2-5-12(11)18(21)24/h1-7H,8-10H2. The molecule has 7 heteroatoms. The second kappa shape index (κ2) is 7.25. The van der Waals surface area contributed by atoms with Gasteiger partial charge in [-0.05, 0) is 24.3 Å². The smallest absolute Gasteiger partial charge is 0.310 e. The zero-order chi connectivity index (χ0) is 18.0. The summed E-state index contributed by atoms with van der Waals surface area (Å²) in [5.74, 6) is -1.30. The van der Waals surface area contributed by atoms with Gasteiger partial charge in [0.15, 0.2) is 0 Å². The van der Waals surface area contributed by atoms with Crippen molar-refractivity contribution in [3.05, 3.63) is 69.2 Å². The molecule has 1 aliphatic heterocycles. The molecule has 5 nitrogen and oxygen atoms in total. The lowest BCUT2D eigenvalue weighted by molar-refractivity contribution is -0.143. The number of carbonyl (C=O) groups excluding carboxylic acids is 3. The van der Waals surface area contributed by atoms with Crippen molar-refractivity contribution in [2.75, 3.05) is 13.2 Å². The molecule has 0 spiro atoms. The van der Waals surface area contributed by atoms with Gasteiger partial charge in [0.1, 0.15) is 6.61 Å². The lowest BCUT2D eigenvalue weighted by Gasteiger charge is -2.14. The van der Waals surface area contributed by atoms with Crippen molar-refractivity contribution in [2.24, 2.45) is 0 Å². The van der Waals surface area contributed by atoms with Crippen LogP contribution in [-0.2, 0) is 16.0 Å². The van der Waals surface area contributed by atoms with Crippen LogP contribution in [0.1, 0.15) is 26.3 Å². The molecule has 0 atom stereocenters. The van der Waals surface area contributed by atoms with Crippen molar-refractivity contribution in [3.8, 4) is 0 Å². The van der Waals surface area contributed by atoms with Crippen LogP contribution in [-0.4, -0.2) is 35.8 Å². The molecule has 0 N–H and O–H groups in total. The van der Waals surface area contributed by atoms with E-state index in [4.69, 9.17) is 27.9 Å². The molecule has 0 radical (unpaired) electrons. The monoisotopic (exact) mass is 377 g/mol. The molecular formula is C18H13Cl2NO4. The van der Waals surface area contributed by atoms with Crippen molar-refractivity contribution >= 4 is 41.0 Å². The number of fused-ring (bicyclic) bond motifs is 1. The SMILES string of the molecule is O=C(Cc1c(Cl)cccc1Cl)OCCN1C(=O)c2ccccc2C1=O. The molecular weight excluding hydrogens is 365 g/mol. The Morgan fingerprint density at radius 2 is 1.48 bits per heavy atom. The summed E-state index contributed by atoms with van der Waals surface area (Å²) in [6.45, 7) is -0.0965. The van der Waals surface area contributed by atoms with Gasteiger partial charge in [-0.3, -0.25) is 19.3 Å². The van der Waals surface area contributed by atoms with Gasteiger partial charge in [-0.25, -0.2) is 0 Å². The van der Waals surface area contributed by atoms with Gasteiger partial charge in [-0.1, -0.05) is 41.4 Å². The highest BCUT2D eigenvalue weighted by Crippen LogP contribution is 2.25. The van der Waals surface area contributed by atoms with Crippen molar-refractivity contribution < 1.29 is 19.1 Å². The minimum atomic E-state index is -0.536. The zero-order valence-corrected chi connectivity index (χ0v) is 14.5. The third-order valence-electron chi connectivity index (χ3n) is 3.84. The molecule has 0 aliphatic carbocycles.